The number of benzene rings is 2. The molecule has 0 aromatic heterocycles. The van der Waals surface area contributed by atoms with Crippen molar-refractivity contribution in [3.63, 3.8) is 0 Å². The van der Waals surface area contributed by atoms with Crippen LogP contribution >= 0.6 is 0 Å². The van der Waals surface area contributed by atoms with E-state index in [2.05, 4.69) is 0 Å². The number of carbonyl (C=O) groups is 2. The minimum atomic E-state index is -0.821. The van der Waals surface area contributed by atoms with E-state index in [1.807, 2.05) is 0 Å². The first-order chi connectivity index (χ1) is 12.4. The van der Waals surface area contributed by atoms with Crippen LogP contribution in [-0.2, 0) is 9.59 Å². The van der Waals surface area contributed by atoms with Crippen molar-refractivity contribution in [3.8, 4) is 0 Å². The molecule has 0 bridgehead atoms. The number of rotatable bonds is 7. The van der Waals surface area contributed by atoms with Crippen molar-refractivity contribution >= 4 is 35.1 Å². The van der Waals surface area contributed by atoms with E-state index in [1.165, 1.54) is 48.6 Å². The maximum atomic E-state index is 11.8. The fraction of sp³-hybridized carbons (Fsp3) is 0. The first-order valence-electron chi connectivity index (χ1n) is 7.30. The number of allylic oxidation sites excluding steroid dienone is 2. The maximum absolute atomic E-state index is 11.8. The van der Waals surface area contributed by atoms with Gasteiger partial charge in [0.1, 0.15) is 0 Å². The van der Waals surface area contributed by atoms with Crippen LogP contribution in [0, 0.1) is 20.2 Å². The Morgan fingerprint density at radius 2 is 1.12 bits per heavy atom. The Morgan fingerprint density at radius 3 is 1.46 bits per heavy atom. The van der Waals surface area contributed by atoms with E-state index >= 15 is 0 Å². The minimum absolute atomic E-state index is 0.128. The molecule has 130 valence electrons. The molecule has 0 saturated heterocycles. The number of carbonyl (C=O) groups excluding carboxylic acids is 2. The molecular weight excluding hydrogens is 340 g/mol. The van der Waals surface area contributed by atoms with Crippen LogP contribution in [0.15, 0.2) is 60.7 Å². The molecule has 0 unspecified atom stereocenters. The normalized spacial score (nSPS) is 10.9. The molecule has 0 aliphatic rings. The van der Waals surface area contributed by atoms with Gasteiger partial charge in [-0.1, -0.05) is 36.4 Å². The van der Waals surface area contributed by atoms with E-state index < -0.39 is 21.4 Å². The molecule has 0 fully saturated rings. The highest BCUT2D eigenvalue weighted by Crippen LogP contribution is 2.15. The quantitative estimate of drug-likeness (QED) is 0.326. The van der Waals surface area contributed by atoms with Gasteiger partial charge in [-0.05, 0) is 23.3 Å². The number of nitrogens with zero attached hydrogens (tertiary/aromatic N) is 2. The lowest BCUT2D eigenvalue weighted by molar-refractivity contribution is -0.385. The third-order valence-electron chi connectivity index (χ3n) is 3.26. The van der Waals surface area contributed by atoms with Crippen LogP contribution in [-0.4, -0.2) is 21.4 Å². The van der Waals surface area contributed by atoms with Crippen LogP contribution in [0.25, 0.3) is 12.2 Å². The molecule has 0 spiro atoms. The molecule has 0 saturated carbocycles. The molecule has 2 rings (SSSR count). The molecule has 0 N–H and O–H groups in total. The zero-order chi connectivity index (χ0) is 19.1. The molecule has 0 atom stereocenters. The third-order valence-corrected chi connectivity index (χ3v) is 3.26. The molecule has 8 nitrogen and oxygen atoms in total. The largest absolute Gasteiger partial charge is 0.286 e. The molecule has 2 aromatic rings. The van der Waals surface area contributed by atoms with Gasteiger partial charge in [-0.2, -0.15) is 0 Å². The van der Waals surface area contributed by atoms with Gasteiger partial charge in [0.15, 0.2) is 0 Å². The highest BCUT2D eigenvalue weighted by atomic mass is 16.6. The summed E-state index contributed by atoms with van der Waals surface area (Å²) in [5, 5.41) is 21.4. The molecule has 2 aromatic carbocycles. The number of nitro benzene ring substituents is 2. The van der Waals surface area contributed by atoms with Crippen LogP contribution in [0.3, 0.4) is 0 Å². The van der Waals surface area contributed by atoms with E-state index in [9.17, 15) is 29.8 Å². The van der Waals surface area contributed by atoms with Crippen LogP contribution in [0.1, 0.15) is 11.1 Å². The second kappa shape index (κ2) is 8.25. The fourth-order valence-electron chi connectivity index (χ4n) is 1.99. The van der Waals surface area contributed by atoms with Gasteiger partial charge in [0.05, 0.1) is 9.85 Å². The minimum Gasteiger partial charge on any atom is -0.286 e. The average molecular weight is 352 g/mol. The van der Waals surface area contributed by atoms with Crippen LogP contribution in [0.2, 0.25) is 0 Å². The highest BCUT2D eigenvalue weighted by Gasteiger charge is 2.08. The van der Waals surface area contributed by atoms with Crippen molar-refractivity contribution in [1.29, 1.82) is 0 Å². The summed E-state index contributed by atoms with van der Waals surface area (Å²) < 4.78 is 0. The number of nitro groups is 2. The number of non-ortho nitro benzene ring substituents is 2. The smallest absolute Gasteiger partial charge is 0.270 e. The van der Waals surface area contributed by atoms with Gasteiger partial charge in [-0.25, -0.2) is 0 Å². The van der Waals surface area contributed by atoms with Gasteiger partial charge in [-0.15, -0.1) is 0 Å². The van der Waals surface area contributed by atoms with Crippen LogP contribution in [0.4, 0.5) is 11.4 Å². The lowest BCUT2D eigenvalue weighted by Crippen LogP contribution is -2.06. The van der Waals surface area contributed by atoms with E-state index in [-0.39, 0.29) is 11.4 Å². The second-order valence-electron chi connectivity index (χ2n) is 5.10. The Bertz CT molecular complexity index is 869. The van der Waals surface area contributed by atoms with E-state index in [4.69, 9.17) is 0 Å². The van der Waals surface area contributed by atoms with Gasteiger partial charge >= 0.3 is 0 Å². The predicted molar refractivity (Wildman–Crippen MR) is 94.3 cm³/mol. The lowest BCUT2D eigenvalue weighted by atomic mass is 10.1. The van der Waals surface area contributed by atoms with Crippen molar-refractivity contribution in [2.75, 3.05) is 0 Å². The summed E-state index contributed by atoms with van der Waals surface area (Å²) in [5.41, 5.74) is 0.555. The van der Waals surface area contributed by atoms with E-state index in [0.29, 0.717) is 11.1 Å². The molecule has 0 aliphatic heterocycles. The molecule has 0 amide bonds. The summed E-state index contributed by atoms with van der Waals surface area (Å²) in [7, 11) is 0. The van der Waals surface area contributed by atoms with Gasteiger partial charge < -0.3 is 0 Å². The van der Waals surface area contributed by atoms with Crippen molar-refractivity contribution in [3.05, 3.63) is 92.0 Å². The number of hydrogen-bond donors (Lipinski definition) is 0. The summed E-state index contributed by atoms with van der Waals surface area (Å²) in [6.07, 6.45) is 4.63. The van der Waals surface area contributed by atoms with Crippen molar-refractivity contribution in [2.45, 2.75) is 0 Å². The molecule has 8 heteroatoms. The second-order valence-corrected chi connectivity index (χ2v) is 5.10. The van der Waals surface area contributed by atoms with E-state index in [0.717, 1.165) is 12.2 Å². The topological polar surface area (TPSA) is 120 Å². The molecule has 0 aliphatic carbocycles. The summed E-state index contributed by atoms with van der Waals surface area (Å²) in [5.74, 6) is -1.64. The number of hydrogen-bond acceptors (Lipinski definition) is 6. The summed E-state index contributed by atoms with van der Waals surface area (Å²) in [4.78, 5) is 43.9. The summed E-state index contributed by atoms with van der Waals surface area (Å²) >= 11 is 0. The molecule has 26 heavy (non-hydrogen) atoms. The predicted octanol–water partition coefficient (Wildman–Crippen LogP) is 3.37. The summed E-state index contributed by atoms with van der Waals surface area (Å²) in [6, 6.07) is 11.2. The van der Waals surface area contributed by atoms with Gasteiger partial charge in [0.25, 0.3) is 11.4 Å². The van der Waals surface area contributed by atoms with Crippen molar-refractivity contribution in [1.82, 2.24) is 0 Å². The first kappa shape index (κ1) is 18.4. The van der Waals surface area contributed by atoms with Crippen molar-refractivity contribution in [2.24, 2.45) is 0 Å². The maximum Gasteiger partial charge on any atom is 0.270 e. The Labute approximate surface area is 147 Å². The number of ketones is 2. The highest BCUT2D eigenvalue weighted by molar-refractivity contribution is 6.46. The molecule has 0 heterocycles. The monoisotopic (exact) mass is 352 g/mol. The van der Waals surface area contributed by atoms with Gasteiger partial charge in [-0.3, -0.25) is 29.8 Å². The zero-order valence-electron chi connectivity index (χ0n) is 13.3. The van der Waals surface area contributed by atoms with Gasteiger partial charge in [0, 0.05) is 24.3 Å². The lowest BCUT2D eigenvalue weighted by Gasteiger charge is -1.95. The summed E-state index contributed by atoms with van der Waals surface area (Å²) in [6.45, 7) is 0. The Hall–Kier alpha value is -3.94. The van der Waals surface area contributed by atoms with Crippen LogP contribution in [0.5, 0.6) is 0 Å². The molecule has 0 radical (unpaired) electrons. The zero-order valence-corrected chi connectivity index (χ0v) is 13.3. The van der Waals surface area contributed by atoms with Crippen LogP contribution < -0.4 is 0 Å². The van der Waals surface area contributed by atoms with Gasteiger partial charge in [0.2, 0.25) is 11.6 Å². The first-order valence-corrected chi connectivity index (χ1v) is 7.30. The fourth-order valence-corrected chi connectivity index (χ4v) is 1.99. The third kappa shape index (κ3) is 5.03. The Balaban J connectivity index is 2.06. The van der Waals surface area contributed by atoms with E-state index in [1.54, 1.807) is 12.1 Å². The Kier molecular flexibility index (Phi) is 5.83. The standard InChI is InChI=1S/C18H12N2O6/c21-17(9-7-13-3-1-5-15(11-13)19(23)24)18(22)10-8-14-4-2-6-16(12-14)20(25)26/h1-12H/b9-7+,10-8+. The Morgan fingerprint density at radius 1 is 0.731 bits per heavy atom. The van der Waals surface area contributed by atoms with Crippen molar-refractivity contribution < 1.29 is 19.4 Å². The molecular formula is C18H12N2O6. The average Bonchev–Trinajstić information content (AvgIpc) is 2.64. The SMILES string of the molecule is O=C(/C=C/c1cccc([N+](=O)[O-])c1)C(=O)/C=C/c1cccc([N+](=O)[O-])c1.